The van der Waals surface area contributed by atoms with Gasteiger partial charge in [0.1, 0.15) is 0 Å². The third kappa shape index (κ3) is 2.92. The van der Waals surface area contributed by atoms with Crippen LogP contribution in [0.15, 0.2) is 24.9 Å². The number of hydrogen-bond acceptors (Lipinski definition) is 3. The fourth-order valence-corrected chi connectivity index (χ4v) is 1.56. The molecule has 0 aliphatic carbocycles. The molecule has 0 saturated carbocycles. The lowest BCUT2D eigenvalue weighted by Crippen LogP contribution is -2.06. The van der Waals surface area contributed by atoms with Crippen LogP contribution in [0.3, 0.4) is 0 Å². The Balaban J connectivity index is 1.83. The van der Waals surface area contributed by atoms with Gasteiger partial charge in [0, 0.05) is 25.1 Å². The van der Waals surface area contributed by atoms with Crippen LogP contribution in [0.5, 0.6) is 0 Å². The van der Waals surface area contributed by atoms with Gasteiger partial charge in [-0.15, -0.1) is 5.10 Å². The molecule has 0 unspecified atom stereocenters. The second-order valence-electron chi connectivity index (χ2n) is 3.88. The predicted molar refractivity (Wildman–Crippen MR) is 60.9 cm³/mol. The molecule has 0 amide bonds. The number of imidazole rings is 1. The average Bonchev–Trinajstić information content (AvgIpc) is 2.95. The minimum absolute atomic E-state index is 0.843. The highest BCUT2D eigenvalue weighted by molar-refractivity contribution is 4.92. The number of unbranched alkanes of at least 4 members (excludes halogenated alkanes) is 1. The van der Waals surface area contributed by atoms with Crippen molar-refractivity contribution < 1.29 is 0 Å². The summed E-state index contributed by atoms with van der Waals surface area (Å²) in [6, 6.07) is 0. The fraction of sp³-hybridized carbons (Fsp3) is 0.545. The molecule has 0 saturated heterocycles. The van der Waals surface area contributed by atoms with Gasteiger partial charge < -0.3 is 4.57 Å². The van der Waals surface area contributed by atoms with Crippen LogP contribution in [0, 0.1) is 0 Å². The van der Waals surface area contributed by atoms with Gasteiger partial charge in [0.2, 0.25) is 0 Å². The van der Waals surface area contributed by atoms with Crippen molar-refractivity contribution in [3.05, 3.63) is 30.6 Å². The first-order valence-electron chi connectivity index (χ1n) is 5.73. The normalized spacial score (nSPS) is 10.8. The molecule has 16 heavy (non-hydrogen) atoms. The molecule has 5 heteroatoms. The van der Waals surface area contributed by atoms with Crippen LogP contribution < -0.4 is 0 Å². The second kappa shape index (κ2) is 5.44. The Morgan fingerprint density at radius 3 is 3.00 bits per heavy atom. The fourth-order valence-electron chi connectivity index (χ4n) is 1.56. The number of aromatic nitrogens is 5. The smallest absolute Gasteiger partial charge is 0.0946 e. The summed E-state index contributed by atoms with van der Waals surface area (Å²) in [5.74, 6) is 0. The molecule has 2 heterocycles. The summed E-state index contributed by atoms with van der Waals surface area (Å²) >= 11 is 0. The lowest BCUT2D eigenvalue weighted by molar-refractivity contribution is 0.519. The number of nitrogens with zero attached hydrogens (tertiary/aromatic N) is 5. The zero-order valence-electron chi connectivity index (χ0n) is 9.58. The largest absolute Gasteiger partial charge is 0.336 e. The third-order valence-electron chi connectivity index (χ3n) is 2.52. The Hall–Kier alpha value is -1.65. The van der Waals surface area contributed by atoms with E-state index in [0.29, 0.717) is 0 Å². The minimum Gasteiger partial charge on any atom is -0.336 e. The number of rotatable bonds is 6. The zero-order valence-corrected chi connectivity index (χ0v) is 9.58. The van der Waals surface area contributed by atoms with E-state index in [4.69, 9.17) is 0 Å². The van der Waals surface area contributed by atoms with Crippen molar-refractivity contribution in [2.45, 2.75) is 39.3 Å². The zero-order chi connectivity index (χ0) is 11.2. The third-order valence-corrected chi connectivity index (χ3v) is 2.52. The summed E-state index contributed by atoms with van der Waals surface area (Å²) in [5.41, 5.74) is 1.09. The first kappa shape index (κ1) is 10.9. The highest BCUT2D eigenvalue weighted by atomic mass is 15.4. The summed E-state index contributed by atoms with van der Waals surface area (Å²) in [5, 5.41) is 8.24. The second-order valence-corrected chi connectivity index (χ2v) is 3.88. The minimum atomic E-state index is 0.843. The maximum absolute atomic E-state index is 4.14. The lowest BCUT2D eigenvalue weighted by Gasteiger charge is -2.00. The maximum atomic E-state index is 4.14. The van der Waals surface area contributed by atoms with E-state index in [0.717, 1.165) is 25.2 Å². The van der Waals surface area contributed by atoms with E-state index in [2.05, 4.69) is 22.2 Å². The van der Waals surface area contributed by atoms with Crippen molar-refractivity contribution >= 4 is 0 Å². The first-order chi connectivity index (χ1) is 7.88. The van der Waals surface area contributed by atoms with Crippen LogP contribution in [0.4, 0.5) is 0 Å². The SMILES string of the molecule is CCCCc1cn(CCn2ccnc2)nn1. The summed E-state index contributed by atoms with van der Waals surface area (Å²) in [4.78, 5) is 4.00. The van der Waals surface area contributed by atoms with Gasteiger partial charge in [0.05, 0.1) is 18.6 Å². The molecule has 0 bridgehead atoms. The van der Waals surface area contributed by atoms with Gasteiger partial charge in [0.15, 0.2) is 0 Å². The van der Waals surface area contributed by atoms with Gasteiger partial charge in [-0.25, -0.2) is 4.98 Å². The van der Waals surface area contributed by atoms with Crippen LogP contribution in [0.2, 0.25) is 0 Å². The first-order valence-corrected chi connectivity index (χ1v) is 5.73. The van der Waals surface area contributed by atoms with Crippen LogP contribution in [0.1, 0.15) is 25.5 Å². The molecule has 0 atom stereocenters. The van der Waals surface area contributed by atoms with E-state index < -0.39 is 0 Å². The quantitative estimate of drug-likeness (QED) is 0.740. The molecule has 0 N–H and O–H groups in total. The van der Waals surface area contributed by atoms with E-state index in [1.807, 2.05) is 28.0 Å². The highest BCUT2D eigenvalue weighted by Gasteiger charge is 2.00. The molecule has 86 valence electrons. The van der Waals surface area contributed by atoms with Crippen molar-refractivity contribution in [1.82, 2.24) is 24.5 Å². The molecular formula is C11H17N5. The molecule has 0 radical (unpaired) electrons. The topological polar surface area (TPSA) is 48.5 Å². The van der Waals surface area contributed by atoms with E-state index in [1.54, 1.807) is 6.20 Å². The van der Waals surface area contributed by atoms with Gasteiger partial charge in [0.25, 0.3) is 0 Å². The Kier molecular flexibility index (Phi) is 3.69. The Morgan fingerprint density at radius 2 is 2.25 bits per heavy atom. The van der Waals surface area contributed by atoms with E-state index >= 15 is 0 Å². The summed E-state index contributed by atoms with van der Waals surface area (Å²) < 4.78 is 3.93. The Bertz CT molecular complexity index is 404. The summed E-state index contributed by atoms with van der Waals surface area (Å²) in [6.45, 7) is 3.91. The van der Waals surface area contributed by atoms with Gasteiger partial charge in [-0.1, -0.05) is 18.6 Å². The molecule has 2 aromatic heterocycles. The molecule has 0 aromatic carbocycles. The molecule has 0 aliphatic heterocycles. The van der Waals surface area contributed by atoms with Gasteiger partial charge in [-0.3, -0.25) is 4.68 Å². The Labute approximate surface area is 95.1 Å². The molecule has 0 spiro atoms. The van der Waals surface area contributed by atoms with Crippen molar-refractivity contribution in [2.24, 2.45) is 0 Å². The summed E-state index contributed by atoms with van der Waals surface area (Å²) in [6.07, 6.45) is 11.0. The predicted octanol–water partition coefficient (Wildman–Crippen LogP) is 1.52. The maximum Gasteiger partial charge on any atom is 0.0946 e. The molecule has 2 rings (SSSR count). The van der Waals surface area contributed by atoms with Crippen LogP contribution in [-0.4, -0.2) is 24.5 Å². The van der Waals surface area contributed by atoms with Gasteiger partial charge >= 0.3 is 0 Å². The van der Waals surface area contributed by atoms with Crippen molar-refractivity contribution in [2.75, 3.05) is 0 Å². The lowest BCUT2D eigenvalue weighted by atomic mass is 10.2. The van der Waals surface area contributed by atoms with Crippen molar-refractivity contribution in [3.8, 4) is 0 Å². The van der Waals surface area contributed by atoms with Crippen molar-refractivity contribution in [3.63, 3.8) is 0 Å². The molecular weight excluding hydrogens is 202 g/mol. The van der Waals surface area contributed by atoms with Gasteiger partial charge in [-0.05, 0) is 12.8 Å². The molecule has 2 aromatic rings. The average molecular weight is 219 g/mol. The summed E-state index contributed by atoms with van der Waals surface area (Å²) in [7, 11) is 0. The monoisotopic (exact) mass is 219 g/mol. The number of aryl methyl sites for hydroxylation is 3. The van der Waals surface area contributed by atoms with E-state index in [1.165, 1.54) is 12.8 Å². The van der Waals surface area contributed by atoms with E-state index in [-0.39, 0.29) is 0 Å². The van der Waals surface area contributed by atoms with E-state index in [9.17, 15) is 0 Å². The molecule has 0 aliphatic rings. The standard InChI is InChI=1S/C11H17N5/c1-2-3-4-11-9-16(14-13-11)8-7-15-6-5-12-10-15/h5-6,9-10H,2-4,7-8H2,1H3. The molecule has 5 nitrogen and oxygen atoms in total. The van der Waals surface area contributed by atoms with Crippen LogP contribution in [0.25, 0.3) is 0 Å². The van der Waals surface area contributed by atoms with Gasteiger partial charge in [-0.2, -0.15) is 0 Å². The van der Waals surface area contributed by atoms with Crippen molar-refractivity contribution in [1.29, 1.82) is 0 Å². The van der Waals surface area contributed by atoms with Crippen LogP contribution in [-0.2, 0) is 19.5 Å². The van der Waals surface area contributed by atoms with Crippen LogP contribution >= 0.6 is 0 Å². The molecule has 0 fully saturated rings. The Morgan fingerprint density at radius 1 is 1.31 bits per heavy atom. The highest BCUT2D eigenvalue weighted by Crippen LogP contribution is 2.00. The number of hydrogen-bond donors (Lipinski definition) is 0.